The van der Waals surface area contributed by atoms with Gasteiger partial charge in [0.1, 0.15) is 5.58 Å². The zero-order valence-corrected chi connectivity index (χ0v) is 16.6. The minimum atomic E-state index is -3.43. The fourth-order valence-electron chi connectivity index (χ4n) is 2.97. The molecule has 0 unspecified atom stereocenters. The van der Waals surface area contributed by atoms with Gasteiger partial charge in [-0.2, -0.15) is 0 Å². The molecule has 2 atom stereocenters. The van der Waals surface area contributed by atoms with Crippen LogP contribution in [-0.2, 0) is 14.6 Å². The predicted molar refractivity (Wildman–Crippen MR) is 104 cm³/mol. The SMILES string of the molecule is CC(C)(C)C(=O)N[C@@H]1CS(=O)(=O)C[C@@H]1NC(=O)c1cc(=O)c2ccccc2o1. The van der Waals surface area contributed by atoms with Crippen molar-refractivity contribution in [3.63, 3.8) is 0 Å². The van der Waals surface area contributed by atoms with Crippen molar-refractivity contribution in [2.45, 2.75) is 32.9 Å². The Balaban J connectivity index is 1.83. The predicted octanol–water partition coefficient (Wildman–Crippen LogP) is 0.851. The van der Waals surface area contributed by atoms with E-state index in [1.807, 2.05) is 0 Å². The van der Waals surface area contributed by atoms with Crippen molar-refractivity contribution in [3.05, 3.63) is 46.3 Å². The topological polar surface area (TPSA) is 123 Å². The van der Waals surface area contributed by atoms with Crippen LogP contribution >= 0.6 is 0 Å². The van der Waals surface area contributed by atoms with E-state index in [2.05, 4.69) is 10.6 Å². The minimum absolute atomic E-state index is 0.214. The Kier molecular flexibility index (Phi) is 5.05. The number of benzene rings is 1. The minimum Gasteiger partial charge on any atom is -0.451 e. The van der Waals surface area contributed by atoms with Gasteiger partial charge in [-0.15, -0.1) is 0 Å². The average Bonchev–Trinajstić information content (AvgIpc) is 2.87. The number of nitrogens with one attached hydrogen (secondary N) is 2. The van der Waals surface area contributed by atoms with Gasteiger partial charge in [0.15, 0.2) is 21.0 Å². The van der Waals surface area contributed by atoms with Gasteiger partial charge >= 0.3 is 0 Å². The first-order chi connectivity index (χ1) is 13.0. The molecular formula is C19H22N2O6S. The molecule has 1 aromatic heterocycles. The lowest BCUT2D eigenvalue weighted by Crippen LogP contribution is -2.53. The Labute approximate surface area is 162 Å². The van der Waals surface area contributed by atoms with Crippen LogP contribution in [-0.4, -0.2) is 43.8 Å². The van der Waals surface area contributed by atoms with E-state index in [9.17, 15) is 22.8 Å². The fourth-order valence-corrected chi connectivity index (χ4v) is 4.83. The smallest absolute Gasteiger partial charge is 0.287 e. The van der Waals surface area contributed by atoms with Gasteiger partial charge < -0.3 is 15.1 Å². The van der Waals surface area contributed by atoms with Gasteiger partial charge in [0, 0.05) is 11.5 Å². The lowest BCUT2D eigenvalue weighted by molar-refractivity contribution is -0.129. The van der Waals surface area contributed by atoms with E-state index in [1.165, 1.54) is 0 Å². The Morgan fingerprint density at radius 3 is 2.32 bits per heavy atom. The number of carbonyl (C=O) groups excluding carboxylic acids is 2. The lowest BCUT2D eigenvalue weighted by atomic mass is 9.95. The highest BCUT2D eigenvalue weighted by molar-refractivity contribution is 7.91. The average molecular weight is 406 g/mol. The first-order valence-electron chi connectivity index (χ1n) is 8.81. The maximum absolute atomic E-state index is 12.6. The second kappa shape index (κ2) is 7.05. The van der Waals surface area contributed by atoms with E-state index >= 15 is 0 Å². The molecule has 2 aromatic rings. The zero-order chi connectivity index (χ0) is 20.7. The molecule has 0 saturated carbocycles. The van der Waals surface area contributed by atoms with E-state index in [0.29, 0.717) is 5.39 Å². The third-order valence-corrected chi connectivity index (χ3v) is 6.26. The van der Waals surface area contributed by atoms with E-state index in [1.54, 1.807) is 45.0 Å². The molecule has 0 aliphatic carbocycles. The van der Waals surface area contributed by atoms with Crippen molar-refractivity contribution in [1.82, 2.24) is 10.6 Å². The normalized spacial score (nSPS) is 21.4. The highest BCUT2D eigenvalue weighted by atomic mass is 32.2. The molecule has 0 bridgehead atoms. The summed E-state index contributed by atoms with van der Waals surface area (Å²) in [7, 11) is -3.43. The quantitative estimate of drug-likeness (QED) is 0.779. The van der Waals surface area contributed by atoms with E-state index in [4.69, 9.17) is 4.42 Å². The summed E-state index contributed by atoms with van der Waals surface area (Å²) in [5.74, 6) is -1.80. The van der Waals surface area contributed by atoms with Crippen LogP contribution in [0.1, 0.15) is 31.3 Å². The van der Waals surface area contributed by atoms with E-state index in [-0.39, 0.29) is 34.2 Å². The van der Waals surface area contributed by atoms with Gasteiger partial charge in [-0.25, -0.2) is 8.42 Å². The van der Waals surface area contributed by atoms with Crippen LogP contribution in [0, 0.1) is 5.41 Å². The van der Waals surface area contributed by atoms with Crippen molar-refractivity contribution >= 4 is 32.6 Å². The molecule has 2 heterocycles. The molecule has 3 rings (SSSR count). The molecule has 150 valence electrons. The number of para-hydroxylation sites is 1. The highest BCUT2D eigenvalue weighted by Gasteiger charge is 2.41. The van der Waals surface area contributed by atoms with Gasteiger partial charge in [0.05, 0.1) is 29.0 Å². The first kappa shape index (κ1) is 20.1. The van der Waals surface area contributed by atoms with E-state index in [0.717, 1.165) is 6.07 Å². The molecule has 1 aromatic carbocycles. The maximum atomic E-state index is 12.6. The molecule has 0 radical (unpaired) electrons. The summed E-state index contributed by atoms with van der Waals surface area (Å²) in [6.45, 7) is 5.13. The number of fused-ring (bicyclic) bond motifs is 1. The number of rotatable bonds is 3. The lowest BCUT2D eigenvalue weighted by Gasteiger charge is -2.25. The Morgan fingerprint density at radius 2 is 1.68 bits per heavy atom. The number of carbonyl (C=O) groups is 2. The van der Waals surface area contributed by atoms with Crippen LogP contribution in [0.15, 0.2) is 39.5 Å². The second-order valence-electron chi connectivity index (χ2n) is 7.96. The van der Waals surface area contributed by atoms with Gasteiger partial charge in [-0.3, -0.25) is 14.4 Å². The molecular weight excluding hydrogens is 384 g/mol. The van der Waals surface area contributed by atoms with Gasteiger partial charge in [-0.1, -0.05) is 32.9 Å². The summed E-state index contributed by atoms with van der Waals surface area (Å²) in [4.78, 5) is 37.0. The van der Waals surface area contributed by atoms with Crippen molar-refractivity contribution < 1.29 is 22.4 Å². The Morgan fingerprint density at radius 1 is 1.07 bits per heavy atom. The molecule has 1 fully saturated rings. The summed E-state index contributed by atoms with van der Waals surface area (Å²) in [6.07, 6.45) is 0. The number of sulfone groups is 1. The highest BCUT2D eigenvalue weighted by Crippen LogP contribution is 2.18. The third kappa shape index (κ3) is 4.24. The Bertz CT molecular complexity index is 1100. The van der Waals surface area contributed by atoms with E-state index < -0.39 is 33.2 Å². The first-order valence-corrected chi connectivity index (χ1v) is 10.6. The van der Waals surface area contributed by atoms with Crippen LogP contribution in [0.3, 0.4) is 0 Å². The van der Waals surface area contributed by atoms with Crippen molar-refractivity contribution in [2.24, 2.45) is 5.41 Å². The summed E-state index contributed by atoms with van der Waals surface area (Å²) in [6, 6.07) is 6.02. The van der Waals surface area contributed by atoms with Crippen LogP contribution < -0.4 is 16.1 Å². The van der Waals surface area contributed by atoms with Crippen molar-refractivity contribution in [1.29, 1.82) is 0 Å². The maximum Gasteiger partial charge on any atom is 0.287 e. The van der Waals surface area contributed by atoms with Crippen LogP contribution in [0.5, 0.6) is 0 Å². The molecule has 2 amide bonds. The molecule has 2 N–H and O–H groups in total. The van der Waals surface area contributed by atoms with Gasteiger partial charge in [0.25, 0.3) is 5.91 Å². The number of amides is 2. The molecule has 0 spiro atoms. The standard InChI is InChI=1S/C19H22N2O6S/c1-19(2,3)18(24)21-13-10-28(25,26)9-12(13)20-17(23)16-8-14(22)11-6-4-5-7-15(11)27-16/h4-8,12-13H,9-10H2,1-3H3,(H,20,23)(H,21,24)/t12-,13+/m0/s1. The Hall–Kier alpha value is -2.68. The fraction of sp³-hybridized carbons (Fsp3) is 0.421. The monoisotopic (exact) mass is 406 g/mol. The molecule has 1 aliphatic rings. The van der Waals surface area contributed by atoms with Gasteiger partial charge in [-0.05, 0) is 12.1 Å². The summed E-state index contributed by atoms with van der Waals surface area (Å²) in [5, 5.41) is 5.63. The molecule has 28 heavy (non-hydrogen) atoms. The van der Waals surface area contributed by atoms with Crippen LogP contribution in [0.4, 0.5) is 0 Å². The van der Waals surface area contributed by atoms with Crippen LogP contribution in [0.2, 0.25) is 0 Å². The third-order valence-electron chi connectivity index (χ3n) is 4.53. The molecule has 1 aliphatic heterocycles. The van der Waals surface area contributed by atoms with Crippen molar-refractivity contribution in [2.75, 3.05) is 11.5 Å². The largest absolute Gasteiger partial charge is 0.451 e. The van der Waals surface area contributed by atoms with Crippen molar-refractivity contribution in [3.8, 4) is 0 Å². The number of hydrogen-bond acceptors (Lipinski definition) is 6. The molecule has 9 heteroatoms. The zero-order valence-electron chi connectivity index (χ0n) is 15.8. The summed E-state index contributed by atoms with van der Waals surface area (Å²) in [5.41, 5.74) is -0.813. The molecule has 1 saturated heterocycles. The molecule has 8 nitrogen and oxygen atoms in total. The summed E-state index contributed by atoms with van der Waals surface area (Å²) < 4.78 is 29.6. The second-order valence-corrected chi connectivity index (χ2v) is 10.1. The number of hydrogen-bond donors (Lipinski definition) is 2. The van der Waals surface area contributed by atoms with Crippen LogP contribution in [0.25, 0.3) is 11.0 Å². The van der Waals surface area contributed by atoms with Gasteiger partial charge in [0.2, 0.25) is 5.91 Å². The summed E-state index contributed by atoms with van der Waals surface area (Å²) >= 11 is 0.